The molecule has 0 amide bonds. The number of nitrogens with zero attached hydrogens (tertiary/aromatic N) is 1. The Kier molecular flexibility index (Phi) is 5.06. The van der Waals surface area contributed by atoms with Crippen LogP contribution in [0.5, 0.6) is 0 Å². The summed E-state index contributed by atoms with van der Waals surface area (Å²) >= 11 is 3.42. The third-order valence-electron chi connectivity index (χ3n) is 3.59. The van der Waals surface area contributed by atoms with Gasteiger partial charge in [0.1, 0.15) is 0 Å². The van der Waals surface area contributed by atoms with Gasteiger partial charge in [0, 0.05) is 17.6 Å². The quantitative estimate of drug-likeness (QED) is 0.861. The molecule has 3 N–H and O–H groups in total. The van der Waals surface area contributed by atoms with Crippen molar-refractivity contribution in [2.24, 2.45) is 11.7 Å². The number of aryl methyl sites for hydroxylation is 1. The molecule has 1 atom stereocenters. The average molecular weight is 362 g/mol. The molecule has 0 spiro atoms. The molecule has 0 bridgehead atoms. The normalized spacial score (nSPS) is 20.9. The van der Waals surface area contributed by atoms with E-state index in [0.717, 1.165) is 22.9 Å². The first-order chi connectivity index (χ1) is 9.44. The number of anilines is 1. The molecule has 1 aromatic carbocycles. The molecule has 5 nitrogen and oxygen atoms in total. The molecule has 7 heteroatoms. The molecule has 1 aliphatic rings. The number of nitrogens with two attached hydrogens (primary N) is 1. The maximum absolute atomic E-state index is 12.4. The highest BCUT2D eigenvalue weighted by Crippen LogP contribution is 2.28. The lowest BCUT2D eigenvalue weighted by Gasteiger charge is -2.31. The zero-order valence-corrected chi connectivity index (χ0v) is 13.9. The Morgan fingerprint density at radius 2 is 2.25 bits per heavy atom. The van der Waals surface area contributed by atoms with E-state index < -0.39 is 10.2 Å². The van der Waals surface area contributed by atoms with Crippen LogP contribution in [0.2, 0.25) is 0 Å². The van der Waals surface area contributed by atoms with Gasteiger partial charge in [-0.2, -0.15) is 12.7 Å². The molecule has 1 fully saturated rings. The number of rotatable bonds is 4. The van der Waals surface area contributed by atoms with Crippen molar-refractivity contribution in [1.29, 1.82) is 0 Å². The first-order valence-electron chi connectivity index (χ1n) is 6.67. The van der Waals surface area contributed by atoms with E-state index in [2.05, 4.69) is 20.7 Å². The summed E-state index contributed by atoms with van der Waals surface area (Å²) in [6.45, 7) is 3.50. The van der Waals surface area contributed by atoms with Gasteiger partial charge >= 0.3 is 10.2 Å². The molecule has 1 heterocycles. The summed E-state index contributed by atoms with van der Waals surface area (Å²) in [5, 5.41) is 0. The fourth-order valence-corrected chi connectivity index (χ4v) is 4.22. The van der Waals surface area contributed by atoms with E-state index in [1.54, 1.807) is 6.07 Å². The van der Waals surface area contributed by atoms with Gasteiger partial charge in [-0.3, -0.25) is 4.72 Å². The predicted octanol–water partition coefficient (Wildman–Crippen LogP) is 2.08. The topological polar surface area (TPSA) is 75.4 Å². The van der Waals surface area contributed by atoms with Gasteiger partial charge in [-0.25, -0.2) is 0 Å². The van der Waals surface area contributed by atoms with Gasteiger partial charge in [0.15, 0.2) is 0 Å². The molecule has 20 heavy (non-hydrogen) atoms. The zero-order chi connectivity index (χ0) is 14.8. The fraction of sp³-hybridized carbons (Fsp3) is 0.538. The number of halogens is 1. The van der Waals surface area contributed by atoms with Crippen LogP contribution >= 0.6 is 15.9 Å². The minimum absolute atomic E-state index is 0.251. The van der Waals surface area contributed by atoms with E-state index in [-0.39, 0.29) is 5.92 Å². The van der Waals surface area contributed by atoms with E-state index in [9.17, 15) is 8.42 Å². The first-order valence-corrected chi connectivity index (χ1v) is 8.90. The van der Waals surface area contributed by atoms with Crippen molar-refractivity contribution >= 4 is 31.8 Å². The van der Waals surface area contributed by atoms with Crippen molar-refractivity contribution in [2.45, 2.75) is 19.8 Å². The van der Waals surface area contributed by atoms with Gasteiger partial charge in [0.25, 0.3) is 0 Å². The highest BCUT2D eigenvalue weighted by molar-refractivity contribution is 9.10. The van der Waals surface area contributed by atoms with Gasteiger partial charge in [0.05, 0.1) is 5.69 Å². The molecule has 1 saturated heterocycles. The molecule has 1 unspecified atom stereocenters. The van der Waals surface area contributed by atoms with Gasteiger partial charge in [-0.05, 0) is 59.8 Å². The minimum Gasteiger partial charge on any atom is -0.330 e. The summed E-state index contributed by atoms with van der Waals surface area (Å²) < 4.78 is 29.8. The second kappa shape index (κ2) is 6.43. The number of hydrogen-bond donors (Lipinski definition) is 2. The van der Waals surface area contributed by atoms with E-state index in [1.165, 1.54) is 4.31 Å². The molecule has 0 radical (unpaired) electrons. The van der Waals surface area contributed by atoms with Crippen molar-refractivity contribution in [2.75, 3.05) is 24.4 Å². The van der Waals surface area contributed by atoms with Crippen molar-refractivity contribution in [1.82, 2.24) is 4.31 Å². The molecule has 112 valence electrons. The van der Waals surface area contributed by atoms with Crippen LogP contribution in [-0.2, 0) is 10.2 Å². The van der Waals surface area contributed by atoms with Crippen LogP contribution in [0.1, 0.15) is 18.4 Å². The Balaban J connectivity index is 2.16. The van der Waals surface area contributed by atoms with E-state index >= 15 is 0 Å². The number of piperidine rings is 1. The monoisotopic (exact) mass is 361 g/mol. The van der Waals surface area contributed by atoms with Crippen molar-refractivity contribution in [3.05, 3.63) is 28.2 Å². The summed E-state index contributed by atoms with van der Waals surface area (Å²) in [5.74, 6) is 0.251. The molecule has 1 aromatic rings. The fourth-order valence-electron chi connectivity index (χ4n) is 2.37. The molecule has 1 aliphatic heterocycles. The van der Waals surface area contributed by atoms with Crippen LogP contribution in [0.4, 0.5) is 5.69 Å². The van der Waals surface area contributed by atoms with E-state index in [1.807, 2.05) is 19.1 Å². The molecule has 0 aliphatic carbocycles. The summed E-state index contributed by atoms with van der Waals surface area (Å²) in [7, 11) is -3.52. The van der Waals surface area contributed by atoms with Gasteiger partial charge in [0.2, 0.25) is 0 Å². The number of hydrogen-bond acceptors (Lipinski definition) is 3. The Labute approximate surface area is 128 Å². The van der Waals surface area contributed by atoms with Crippen molar-refractivity contribution < 1.29 is 8.42 Å². The third-order valence-corrected chi connectivity index (χ3v) is 6.13. The number of benzene rings is 1. The Bertz CT molecular complexity index is 577. The Morgan fingerprint density at radius 3 is 2.95 bits per heavy atom. The second-order valence-corrected chi connectivity index (χ2v) is 7.61. The highest BCUT2D eigenvalue weighted by Gasteiger charge is 2.28. The Hall–Kier alpha value is -0.630. The van der Waals surface area contributed by atoms with E-state index in [4.69, 9.17) is 5.73 Å². The lowest BCUT2D eigenvalue weighted by Crippen LogP contribution is -2.44. The summed E-state index contributed by atoms with van der Waals surface area (Å²) in [4.78, 5) is 0. The largest absolute Gasteiger partial charge is 0.330 e. The molecular weight excluding hydrogens is 342 g/mol. The summed E-state index contributed by atoms with van der Waals surface area (Å²) in [5.41, 5.74) is 7.21. The third kappa shape index (κ3) is 3.52. The number of nitrogens with one attached hydrogen (secondary N) is 1. The standard InChI is InChI=1S/C13H20BrN3O2S/c1-10-4-2-6-12(13(10)14)16-20(18,19)17-7-3-5-11(8-15)9-17/h2,4,6,11,16H,3,5,7-9,15H2,1H3. The van der Waals surface area contributed by atoms with Crippen LogP contribution in [0.3, 0.4) is 0 Å². The first kappa shape index (κ1) is 15.8. The average Bonchev–Trinajstić information content (AvgIpc) is 2.44. The summed E-state index contributed by atoms with van der Waals surface area (Å²) in [6, 6.07) is 5.50. The van der Waals surface area contributed by atoms with Crippen molar-refractivity contribution in [3.8, 4) is 0 Å². The molecule has 0 saturated carbocycles. The van der Waals surface area contributed by atoms with E-state index in [0.29, 0.717) is 25.3 Å². The van der Waals surface area contributed by atoms with Crippen LogP contribution in [0.25, 0.3) is 0 Å². The highest BCUT2D eigenvalue weighted by atomic mass is 79.9. The second-order valence-electron chi connectivity index (χ2n) is 5.15. The molecular formula is C13H20BrN3O2S. The maximum atomic E-state index is 12.4. The molecule has 2 rings (SSSR count). The molecule has 0 aromatic heterocycles. The predicted molar refractivity (Wildman–Crippen MR) is 84.8 cm³/mol. The van der Waals surface area contributed by atoms with Crippen LogP contribution in [-0.4, -0.2) is 32.4 Å². The van der Waals surface area contributed by atoms with Crippen LogP contribution < -0.4 is 10.5 Å². The minimum atomic E-state index is -3.52. The van der Waals surface area contributed by atoms with Crippen molar-refractivity contribution in [3.63, 3.8) is 0 Å². The maximum Gasteiger partial charge on any atom is 0.301 e. The van der Waals surface area contributed by atoms with Gasteiger partial charge in [-0.15, -0.1) is 0 Å². The smallest absolute Gasteiger partial charge is 0.301 e. The summed E-state index contributed by atoms with van der Waals surface area (Å²) in [6.07, 6.45) is 1.86. The van der Waals surface area contributed by atoms with Gasteiger partial charge < -0.3 is 5.73 Å². The van der Waals surface area contributed by atoms with Gasteiger partial charge in [-0.1, -0.05) is 12.1 Å². The lowest BCUT2D eigenvalue weighted by molar-refractivity contribution is 0.273. The zero-order valence-electron chi connectivity index (χ0n) is 11.5. The van der Waals surface area contributed by atoms with Crippen LogP contribution in [0.15, 0.2) is 22.7 Å². The lowest BCUT2D eigenvalue weighted by atomic mass is 10.0. The Morgan fingerprint density at radius 1 is 1.50 bits per heavy atom. The van der Waals surface area contributed by atoms with Crippen LogP contribution in [0, 0.1) is 12.8 Å². The SMILES string of the molecule is Cc1cccc(NS(=O)(=O)N2CCCC(CN)C2)c1Br.